The number of rotatable bonds is 11. The molecule has 0 aliphatic carbocycles. The first-order valence-corrected chi connectivity index (χ1v) is 13.2. The third kappa shape index (κ3) is 6.99. The highest BCUT2D eigenvalue weighted by molar-refractivity contribution is 5.96. The number of hydrogen-bond donors (Lipinski definition) is 1. The molecule has 2 aromatic rings. The van der Waals surface area contributed by atoms with Gasteiger partial charge < -0.3 is 29.1 Å². The maximum Gasteiger partial charge on any atom is 0.430 e. The molecule has 0 bridgehead atoms. The van der Waals surface area contributed by atoms with Crippen LogP contribution in [0.5, 0.6) is 17.2 Å². The summed E-state index contributed by atoms with van der Waals surface area (Å²) in [4.78, 5) is 27.8. The van der Waals surface area contributed by atoms with Gasteiger partial charge in [-0.15, -0.1) is 0 Å². The van der Waals surface area contributed by atoms with Crippen molar-refractivity contribution < 1.29 is 42.1 Å². The predicted molar refractivity (Wildman–Crippen MR) is 143 cm³/mol. The van der Waals surface area contributed by atoms with E-state index in [0.29, 0.717) is 36.5 Å². The molecule has 3 rings (SSSR count). The van der Waals surface area contributed by atoms with Gasteiger partial charge in [-0.1, -0.05) is 18.6 Å². The number of amides is 2. The van der Waals surface area contributed by atoms with Crippen LogP contribution in [0.4, 0.5) is 13.2 Å². The Morgan fingerprint density at radius 3 is 2.30 bits per heavy atom. The van der Waals surface area contributed by atoms with Crippen molar-refractivity contribution >= 4 is 11.8 Å². The average molecular weight is 567 g/mol. The van der Waals surface area contributed by atoms with Crippen LogP contribution < -0.4 is 14.2 Å². The number of carbonyl (C=O) groups excluding carboxylic acids is 2. The lowest BCUT2D eigenvalue weighted by atomic mass is 9.87. The summed E-state index contributed by atoms with van der Waals surface area (Å²) in [5.74, 6) is -0.135. The van der Waals surface area contributed by atoms with Gasteiger partial charge in [-0.2, -0.15) is 13.2 Å². The minimum Gasteiger partial charge on any atom is -0.497 e. The highest BCUT2D eigenvalue weighted by Gasteiger charge is 2.62. The molecule has 1 fully saturated rings. The van der Waals surface area contributed by atoms with Crippen molar-refractivity contribution in [2.45, 2.75) is 43.9 Å². The molecule has 1 atom stereocenters. The normalized spacial score (nSPS) is 15.8. The largest absolute Gasteiger partial charge is 0.497 e. The number of hydrogen-bond acceptors (Lipinski definition) is 6. The molecule has 0 unspecified atom stereocenters. The van der Waals surface area contributed by atoms with Gasteiger partial charge in [0.15, 0.2) is 0 Å². The van der Waals surface area contributed by atoms with Gasteiger partial charge in [0, 0.05) is 38.8 Å². The van der Waals surface area contributed by atoms with Crippen molar-refractivity contribution in [1.82, 2.24) is 9.80 Å². The van der Waals surface area contributed by atoms with Crippen molar-refractivity contribution in [3.05, 3.63) is 53.6 Å². The standard InChI is InChI=1S/C29H37F3N2O6/c1-33(2)26(35)24-12-11-23(19-25(24)39-4)40-17-6-5-8-20-13-15-34(16-14-20)27(36)28(37,29(30,31)32)21-9-7-10-22(18-21)38-3/h7,9-12,18-20,37H,5-6,8,13-17H2,1-4H3/t28-/m1/s1. The SMILES string of the molecule is COc1cccc([C@@](O)(C(=O)N2CCC(CCCCOc3ccc(C(=O)N(C)C)c(OC)c3)CC2)C(F)(F)F)c1. The van der Waals surface area contributed by atoms with E-state index in [4.69, 9.17) is 14.2 Å². The van der Waals surface area contributed by atoms with Gasteiger partial charge >= 0.3 is 6.18 Å². The summed E-state index contributed by atoms with van der Waals surface area (Å²) in [5.41, 5.74) is -3.77. The van der Waals surface area contributed by atoms with E-state index >= 15 is 0 Å². The molecule has 1 aliphatic rings. The Hall–Kier alpha value is -3.47. The van der Waals surface area contributed by atoms with E-state index in [2.05, 4.69) is 0 Å². The fraction of sp³-hybridized carbons (Fsp3) is 0.517. The minimum absolute atomic E-state index is 0.117. The molecule has 40 heavy (non-hydrogen) atoms. The van der Waals surface area contributed by atoms with E-state index < -0.39 is 23.2 Å². The van der Waals surface area contributed by atoms with Crippen molar-refractivity contribution in [2.75, 3.05) is 48.0 Å². The highest BCUT2D eigenvalue weighted by atomic mass is 19.4. The van der Waals surface area contributed by atoms with E-state index in [1.165, 1.54) is 31.3 Å². The van der Waals surface area contributed by atoms with Crippen LogP contribution >= 0.6 is 0 Å². The number of likely N-dealkylation sites (tertiary alicyclic amines) is 1. The van der Waals surface area contributed by atoms with E-state index in [1.807, 2.05) is 0 Å². The first kappa shape index (κ1) is 31.1. The second kappa shape index (κ2) is 13.3. The number of piperidine rings is 1. The summed E-state index contributed by atoms with van der Waals surface area (Å²) in [6.45, 7) is 0.737. The quantitative estimate of drug-likeness (QED) is 0.399. The maximum absolute atomic E-state index is 14.0. The molecule has 0 saturated carbocycles. The van der Waals surface area contributed by atoms with Crippen LogP contribution in [0, 0.1) is 5.92 Å². The van der Waals surface area contributed by atoms with Gasteiger partial charge in [-0.05, 0) is 55.9 Å². The number of nitrogens with zero attached hydrogens (tertiary/aromatic N) is 2. The molecule has 8 nitrogen and oxygen atoms in total. The molecule has 0 radical (unpaired) electrons. The molecule has 220 valence electrons. The van der Waals surface area contributed by atoms with E-state index in [1.54, 1.807) is 32.3 Å². The molecule has 11 heteroatoms. The summed E-state index contributed by atoms with van der Waals surface area (Å²) in [6, 6.07) is 9.94. The average Bonchev–Trinajstić information content (AvgIpc) is 2.95. The fourth-order valence-electron chi connectivity index (χ4n) is 4.81. The molecule has 2 aromatic carbocycles. The number of ether oxygens (including phenoxy) is 3. The molecule has 1 N–H and O–H groups in total. The Balaban J connectivity index is 1.48. The number of carbonyl (C=O) groups is 2. The number of alkyl halides is 3. The number of methoxy groups -OCH3 is 2. The monoisotopic (exact) mass is 566 g/mol. The zero-order valence-electron chi connectivity index (χ0n) is 23.3. The van der Waals surface area contributed by atoms with Gasteiger partial charge in [0.25, 0.3) is 17.4 Å². The third-order valence-electron chi connectivity index (χ3n) is 7.19. The number of benzene rings is 2. The van der Waals surface area contributed by atoms with Gasteiger partial charge in [-0.25, -0.2) is 0 Å². The van der Waals surface area contributed by atoms with Crippen molar-refractivity contribution in [2.24, 2.45) is 5.92 Å². The molecule has 0 spiro atoms. The predicted octanol–water partition coefficient (Wildman–Crippen LogP) is 4.64. The lowest BCUT2D eigenvalue weighted by molar-refractivity contribution is -0.262. The van der Waals surface area contributed by atoms with E-state index in [9.17, 15) is 27.9 Å². The summed E-state index contributed by atoms with van der Waals surface area (Å²) in [5, 5.41) is 10.7. The topological polar surface area (TPSA) is 88.5 Å². The lowest BCUT2D eigenvalue weighted by Crippen LogP contribution is -2.57. The fourth-order valence-corrected chi connectivity index (χ4v) is 4.81. The molecular weight excluding hydrogens is 529 g/mol. The van der Waals surface area contributed by atoms with Gasteiger partial charge in [0.2, 0.25) is 0 Å². The van der Waals surface area contributed by atoms with Crippen LogP contribution in [0.3, 0.4) is 0 Å². The van der Waals surface area contributed by atoms with Crippen LogP contribution in [-0.2, 0) is 10.4 Å². The van der Waals surface area contributed by atoms with Gasteiger partial charge in [0.1, 0.15) is 17.2 Å². The zero-order valence-corrected chi connectivity index (χ0v) is 23.3. The summed E-state index contributed by atoms with van der Waals surface area (Å²) in [7, 11) is 6.12. The Bertz CT molecular complexity index is 1160. The van der Waals surface area contributed by atoms with Gasteiger partial charge in [-0.3, -0.25) is 9.59 Å². The van der Waals surface area contributed by atoms with Crippen LogP contribution in [0.1, 0.15) is 48.0 Å². The summed E-state index contributed by atoms with van der Waals surface area (Å²) in [6.07, 6.45) is -1.62. The third-order valence-corrected chi connectivity index (χ3v) is 7.19. The molecule has 1 saturated heterocycles. The summed E-state index contributed by atoms with van der Waals surface area (Å²) >= 11 is 0. The van der Waals surface area contributed by atoms with Crippen molar-refractivity contribution in [1.29, 1.82) is 0 Å². The summed E-state index contributed by atoms with van der Waals surface area (Å²) < 4.78 is 58.2. The molecule has 0 aromatic heterocycles. The molecular formula is C29H37F3N2O6. The number of halogens is 3. The van der Waals surface area contributed by atoms with Crippen LogP contribution in [-0.4, -0.2) is 80.9 Å². The zero-order chi connectivity index (χ0) is 29.5. The first-order chi connectivity index (χ1) is 18.9. The Kier molecular flexibility index (Phi) is 10.3. The van der Waals surface area contributed by atoms with E-state index in [-0.39, 0.29) is 30.7 Å². The second-order valence-corrected chi connectivity index (χ2v) is 10.1. The Morgan fingerprint density at radius 2 is 1.70 bits per heavy atom. The smallest absolute Gasteiger partial charge is 0.430 e. The van der Waals surface area contributed by atoms with Crippen LogP contribution in [0.15, 0.2) is 42.5 Å². The van der Waals surface area contributed by atoms with Crippen LogP contribution in [0.25, 0.3) is 0 Å². The van der Waals surface area contributed by atoms with Gasteiger partial charge in [0.05, 0.1) is 26.4 Å². The first-order valence-electron chi connectivity index (χ1n) is 13.2. The van der Waals surface area contributed by atoms with E-state index in [0.717, 1.165) is 36.3 Å². The minimum atomic E-state index is -5.19. The second-order valence-electron chi connectivity index (χ2n) is 10.1. The Labute approximate surface area is 232 Å². The molecule has 1 heterocycles. The maximum atomic E-state index is 14.0. The van der Waals surface area contributed by atoms with Crippen LogP contribution in [0.2, 0.25) is 0 Å². The number of aliphatic hydroxyl groups is 1. The van der Waals surface area contributed by atoms with Crippen molar-refractivity contribution in [3.63, 3.8) is 0 Å². The highest BCUT2D eigenvalue weighted by Crippen LogP contribution is 2.42. The lowest BCUT2D eigenvalue weighted by Gasteiger charge is -2.38. The Morgan fingerprint density at radius 1 is 1.00 bits per heavy atom. The molecule has 2 amide bonds. The number of unbranched alkanes of at least 4 members (excludes halogenated alkanes) is 1. The van der Waals surface area contributed by atoms with Crippen molar-refractivity contribution in [3.8, 4) is 17.2 Å². The molecule has 1 aliphatic heterocycles.